The summed E-state index contributed by atoms with van der Waals surface area (Å²) in [6, 6.07) is 0. The van der Waals surface area contributed by atoms with E-state index in [1.165, 1.54) is 0 Å². The van der Waals surface area contributed by atoms with Gasteiger partial charge in [0.2, 0.25) is 12.2 Å². The molecule has 0 rings (SSSR count). The second-order valence-electron chi connectivity index (χ2n) is 2.44. The second-order valence-corrected chi connectivity index (χ2v) is 2.44. The summed E-state index contributed by atoms with van der Waals surface area (Å²) in [6.45, 7) is 2.01. The van der Waals surface area contributed by atoms with Gasteiger partial charge in [-0.05, 0) is 6.42 Å². The summed E-state index contributed by atoms with van der Waals surface area (Å²) < 4.78 is 0. The zero-order valence-electron chi connectivity index (χ0n) is 8.49. The van der Waals surface area contributed by atoms with Gasteiger partial charge in [0.05, 0.1) is 0 Å². The topological polar surface area (TPSA) is 143 Å². The van der Waals surface area contributed by atoms with Gasteiger partial charge >= 0.3 is 0 Å². The van der Waals surface area contributed by atoms with Crippen LogP contribution >= 0.6 is 0 Å². The molecule has 0 saturated carbocycles. The minimum atomic E-state index is -2.45. The number of hydrogen-bond acceptors (Lipinski definition) is 7. The van der Waals surface area contributed by atoms with Crippen molar-refractivity contribution in [3.63, 3.8) is 0 Å². The van der Waals surface area contributed by atoms with Gasteiger partial charge in [-0.2, -0.15) is 0 Å². The van der Waals surface area contributed by atoms with Gasteiger partial charge in [0.25, 0.3) is 5.97 Å². The molecule has 0 bridgehead atoms. The molecule has 0 atom stereocenters. The predicted octanol–water partition coefficient (Wildman–Crippen LogP) is 3.82. The second kappa shape index (κ2) is 51.2. The lowest BCUT2D eigenvalue weighted by Crippen LogP contribution is -2.26. The Morgan fingerprint density at radius 1 is 0.810 bits per heavy atom. The fourth-order valence-corrected chi connectivity index (χ4v) is 0.612. The third kappa shape index (κ3) is 240. The van der Waals surface area contributed by atoms with Crippen LogP contribution in [0.15, 0.2) is 0 Å². The van der Waals surface area contributed by atoms with E-state index in [9.17, 15) is 0 Å². The highest BCUT2D eigenvalue weighted by molar-refractivity contribution is 5.26. The van der Waals surface area contributed by atoms with Crippen molar-refractivity contribution < 1.29 is 24.9 Å². The van der Waals surface area contributed by atoms with E-state index in [0.717, 1.165) is 25.0 Å². The van der Waals surface area contributed by atoms with E-state index in [2.05, 4.69) is 0 Å². The van der Waals surface area contributed by atoms with Crippen LogP contribution in [0.5, 0.6) is 0 Å². The zero-order chi connectivity index (χ0) is 12.7. The van der Waals surface area contributed by atoms with Gasteiger partial charge < -0.3 is 15.3 Å². The third-order valence-electron chi connectivity index (χ3n) is 1.12. The maximum absolute atomic E-state index is 8.36. The van der Waals surface area contributed by atoms with Gasteiger partial charge in [-0.15, -0.1) is 0 Å². The molecule has 136 valence electrons. The normalized spacial score (nSPS) is 5.90. The number of hydrogen-bond donors (Lipinski definition) is 5. The Bertz CT molecular complexity index is 180. The Balaban J connectivity index is -0.0000000152. The fraction of sp³-hybridized carbons (Fsp3) is 0.857. The number of nitrogens with one attached hydrogen (secondary N) is 2. The lowest BCUT2D eigenvalue weighted by molar-refractivity contribution is -0.314. The van der Waals surface area contributed by atoms with Crippen LogP contribution in [-0.2, 0) is 9.59 Å². The molecule has 5 N–H and O–H groups in total. The molecule has 0 spiro atoms. The highest BCUT2D eigenvalue weighted by atomic mass is 16.7. The van der Waals surface area contributed by atoms with Gasteiger partial charge in [0.1, 0.15) is 0 Å². The number of carbonyl (C=O) groups excluding carboxylic acids is 2. The molecule has 0 aliphatic rings. The first-order chi connectivity index (χ1) is 6.89. The van der Waals surface area contributed by atoms with E-state index in [-0.39, 0.29) is 51.0 Å². The number of isocyanates is 2. The van der Waals surface area contributed by atoms with Crippen LogP contribution in [0.1, 0.15) is 77.2 Å². The smallest absolute Gasteiger partial charge is 0.275 e. The molecule has 21 heavy (non-hydrogen) atoms. The van der Waals surface area contributed by atoms with E-state index in [4.69, 9.17) is 35.7 Å². The number of unbranched alkanes of at least 4 members (excludes halogenated alkanes) is 2. The average molecular weight is 316 g/mol. The molecule has 0 aromatic carbocycles. The predicted molar refractivity (Wildman–Crippen MR) is 90.7 cm³/mol. The maximum atomic E-state index is 8.36. The highest BCUT2D eigenvalue weighted by Gasteiger charge is 2.15. The molecule has 0 heterocycles. The van der Waals surface area contributed by atoms with Crippen LogP contribution in [0, 0.1) is 10.8 Å². The Kier molecular flexibility index (Phi) is 147. The maximum Gasteiger partial charge on any atom is 0.275 e. The Labute approximate surface area is 132 Å². The van der Waals surface area contributed by atoms with Gasteiger partial charge in [0, 0.05) is 6.42 Å². The average Bonchev–Trinajstić information content (AvgIpc) is 2.05. The minimum Gasteiger partial charge on any atom is -0.344 e. The van der Waals surface area contributed by atoms with Gasteiger partial charge in [0.15, 0.2) is 0 Å². The van der Waals surface area contributed by atoms with Crippen molar-refractivity contribution in [2.75, 3.05) is 0 Å². The molecular formula is C14H40N2O5. The van der Waals surface area contributed by atoms with Crippen molar-refractivity contribution in [3.8, 4) is 0 Å². The lowest BCUT2D eigenvalue weighted by Gasteiger charge is -2.12. The zero-order valence-corrected chi connectivity index (χ0v) is 8.49. The van der Waals surface area contributed by atoms with E-state index in [1.807, 2.05) is 6.92 Å². The minimum absolute atomic E-state index is 0. The first-order valence-electron chi connectivity index (χ1n) is 4.14. The molecule has 0 saturated heterocycles. The fourth-order valence-electron chi connectivity index (χ4n) is 0.612. The quantitative estimate of drug-likeness (QED) is 0.232. The summed E-state index contributed by atoms with van der Waals surface area (Å²) >= 11 is 0. The summed E-state index contributed by atoms with van der Waals surface area (Å²) in [6.07, 6.45) is 4.13. The van der Waals surface area contributed by atoms with Crippen molar-refractivity contribution in [3.05, 3.63) is 0 Å². The third-order valence-corrected chi connectivity index (χ3v) is 1.12. The van der Waals surface area contributed by atoms with Crippen molar-refractivity contribution in [1.29, 1.82) is 10.8 Å². The molecule has 0 radical (unpaired) electrons. The molecule has 7 heteroatoms. The summed E-state index contributed by atoms with van der Waals surface area (Å²) in [5.41, 5.74) is 0. The van der Waals surface area contributed by atoms with E-state index in [0.29, 0.717) is 6.42 Å². The van der Waals surface area contributed by atoms with Crippen LogP contribution in [0.4, 0.5) is 0 Å². The summed E-state index contributed by atoms with van der Waals surface area (Å²) in [5, 5.41) is 35.9. The molecule has 7 nitrogen and oxygen atoms in total. The molecular weight excluding hydrogens is 276 g/mol. The van der Waals surface area contributed by atoms with Crippen molar-refractivity contribution in [2.24, 2.45) is 0 Å². The largest absolute Gasteiger partial charge is 0.344 e. The summed E-state index contributed by atoms with van der Waals surface area (Å²) in [5.74, 6) is -2.45. The molecule has 0 amide bonds. The van der Waals surface area contributed by atoms with E-state index in [1.54, 1.807) is 0 Å². The number of rotatable bonds is 4. The Morgan fingerprint density at radius 3 is 1.19 bits per heavy atom. The Morgan fingerprint density at radius 2 is 1.05 bits per heavy atom. The van der Waals surface area contributed by atoms with Gasteiger partial charge in [-0.25, -0.2) is 20.4 Å². The van der Waals surface area contributed by atoms with Crippen LogP contribution < -0.4 is 0 Å². The van der Waals surface area contributed by atoms with Crippen LogP contribution in [-0.4, -0.2) is 33.5 Å². The summed E-state index contributed by atoms with van der Waals surface area (Å²) in [4.78, 5) is 16.7. The summed E-state index contributed by atoms with van der Waals surface area (Å²) in [7, 11) is 0. The highest BCUT2D eigenvalue weighted by Crippen LogP contribution is 2.07. The monoisotopic (exact) mass is 316 g/mol. The first kappa shape index (κ1) is 60.3. The molecule has 0 unspecified atom stereocenters. The number of aliphatic hydroxyl groups is 3. The lowest BCUT2D eigenvalue weighted by atomic mass is 10.2. The molecule has 0 aromatic heterocycles. The standard InChI is InChI=1S/C6H14O3.2CHNO.6CH4/c1-2-3-4-5-6(7,8)9;2*2-1-3;;;;;;/h7-9H,2-5H2,1H3;2*2H;6*1H4. The first-order valence-corrected chi connectivity index (χ1v) is 4.14. The van der Waals surface area contributed by atoms with Gasteiger partial charge in [-0.1, -0.05) is 64.3 Å². The van der Waals surface area contributed by atoms with Crippen LogP contribution in [0.25, 0.3) is 0 Å². The van der Waals surface area contributed by atoms with E-state index < -0.39 is 5.97 Å². The van der Waals surface area contributed by atoms with Crippen LogP contribution in [0.3, 0.4) is 0 Å². The SMILES string of the molecule is C.C.C.C.C.C.CCCCCC(O)(O)O.N=C=O.N=C=O. The molecule has 0 aromatic rings. The molecule has 0 aliphatic heterocycles. The van der Waals surface area contributed by atoms with Gasteiger partial charge in [-0.3, -0.25) is 0 Å². The molecule has 0 aliphatic carbocycles. The Hall–Kier alpha value is -1.36. The molecule has 0 fully saturated rings. The van der Waals surface area contributed by atoms with Crippen molar-refractivity contribution in [1.82, 2.24) is 0 Å². The van der Waals surface area contributed by atoms with Crippen molar-refractivity contribution in [2.45, 2.75) is 83.1 Å². The van der Waals surface area contributed by atoms with Crippen LogP contribution in [0.2, 0.25) is 0 Å². The van der Waals surface area contributed by atoms with Crippen molar-refractivity contribution >= 4 is 12.2 Å². The van der Waals surface area contributed by atoms with E-state index >= 15 is 0 Å².